The summed E-state index contributed by atoms with van der Waals surface area (Å²) < 4.78 is 7.31. The molecule has 7 heteroatoms. The number of aromatic nitrogens is 4. The van der Waals surface area contributed by atoms with Crippen molar-refractivity contribution in [2.45, 2.75) is 43.3 Å². The van der Waals surface area contributed by atoms with Crippen LogP contribution in [-0.2, 0) is 16.1 Å². The normalized spacial score (nSPS) is 21.2. The van der Waals surface area contributed by atoms with E-state index in [2.05, 4.69) is 32.7 Å². The zero-order chi connectivity index (χ0) is 16.0. The molecule has 1 aliphatic rings. The molecule has 118 valence electrons. The molecule has 0 unspecified atom stereocenters. The maximum absolute atomic E-state index is 11.8. The molecule has 3 heterocycles. The Kier molecular flexibility index (Phi) is 3.45. The van der Waals surface area contributed by atoms with Crippen molar-refractivity contribution in [1.82, 2.24) is 19.7 Å². The third-order valence-electron chi connectivity index (χ3n) is 4.04. The summed E-state index contributed by atoms with van der Waals surface area (Å²) in [5, 5.41) is 9.89. The SMILES string of the molecule is CCn1c2ccccc2c2nnc(S[C@@H]3C[C@H](C)OC3=O)nc21. The second-order valence-corrected chi connectivity index (χ2v) is 6.79. The molecular formula is C16H16N4O2S. The largest absolute Gasteiger partial charge is 0.462 e. The van der Waals surface area contributed by atoms with Crippen LogP contribution in [0.3, 0.4) is 0 Å². The zero-order valence-corrected chi connectivity index (χ0v) is 13.7. The van der Waals surface area contributed by atoms with Crippen LogP contribution in [0, 0.1) is 0 Å². The average Bonchev–Trinajstić information content (AvgIpc) is 3.03. The molecule has 2 aromatic heterocycles. The van der Waals surface area contributed by atoms with Crippen molar-refractivity contribution in [3.63, 3.8) is 0 Å². The smallest absolute Gasteiger partial charge is 0.319 e. The van der Waals surface area contributed by atoms with Gasteiger partial charge in [0.15, 0.2) is 5.65 Å². The van der Waals surface area contributed by atoms with Gasteiger partial charge >= 0.3 is 5.97 Å². The number of aryl methyl sites for hydroxylation is 1. The monoisotopic (exact) mass is 328 g/mol. The van der Waals surface area contributed by atoms with E-state index in [0.29, 0.717) is 11.6 Å². The van der Waals surface area contributed by atoms with Gasteiger partial charge < -0.3 is 9.30 Å². The molecule has 0 aliphatic carbocycles. The van der Waals surface area contributed by atoms with E-state index in [0.717, 1.165) is 28.6 Å². The highest BCUT2D eigenvalue weighted by atomic mass is 32.2. The van der Waals surface area contributed by atoms with Crippen molar-refractivity contribution < 1.29 is 9.53 Å². The molecule has 0 N–H and O–H groups in total. The fourth-order valence-electron chi connectivity index (χ4n) is 3.00. The quantitative estimate of drug-likeness (QED) is 0.689. The minimum absolute atomic E-state index is 0.0428. The molecule has 0 radical (unpaired) electrons. The Morgan fingerprint density at radius 3 is 2.91 bits per heavy atom. The fourth-order valence-corrected chi connectivity index (χ4v) is 4.00. The zero-order valence-electron chi connectivity index (χ0n) is 12.9. The van der Waals surface area contributed by atoms with Gasteiger partial charge in [-0.1, -0.05) is 30.0 Å². The van der Waals surface area contributed by atoms with Gasteiger partial charge in [0.25, 0.3) is 0 Å². The lowest BCUT2D eigenvalue weighted by molar-refractivity contribution is -0.140. The van der Waals surface area contributed by atoms with E-state index in [1.807, 2.05) is 25.1 Å². The lowest BCUT2D eigenvalue weighted by Crippen LogP contribution is -2.10. The Hall–Kier alpha value is -2.15. The van der Waals surface area contributed by atoms with Gasteiger partial charge in [0, 0.05) is 18.4 Å². The number of carbonyl (C=O) groups excluding carboxylic acids is 1. The lowest BCUT2D eigenvalue weighted by atomic mass is 10.2. The third-order valence-corrected chi connectivity index (χ3v) is 5.10. The van der Waals surface area contributed by atoms with E-state index in [1.54, 1.807) is 0 Å². The Labute approximate surface area is 137 Å². The molecule has 0 bridgehead atoms. The van der Waals surface area contributed by atoms with E-state index < -0.39 is 0 Å². The predicted molar refractivity (Wildman–Crippen MR) is 88.3 cm³/mol. The summed E-state index contributed by atoms with van der Waals surface area (Å²) in [5.74, 6) is -0.192. The summed E-state index contributed by atoms with van der Waals surface area (Å²) in [4.78, 5) is 16.4. The van der Waals surface area contributed by atoms with Crippen molar-refractivity contribution in [2.24, 2.45) is 0 Å². The van der Waals surface area contributed by atoms with Gasteiger partial charge in [-0.2, -0.15) is 0 Å². The Balaban J connectivity index is 1.78. The van der Waals surface area contributed by atoms with E-state index in [1.165, 1.54) is 11.8 Å². The number of rotatable bonds is 3. The summed E-state index contributed by atoms with van der Waals surface area (Å²) in [7, 11) is 0. The van der Waals surface area contributed by atoms with Crippen LogP contribution in [0.2, 0.25) is 0 Å². The molecule has 0 saturated carbocycles. The van der Waals surface area contributed by atoms with Crippen molar-refractivity contribution in [3.05, 3.63) is 24.3 Å². The van der Waals surface area contributed by atoms with Crippen molar-refractivity contribution in [1.29, 1.82) is 0 Å². The van der Waals surface area contributed by atoms with Crippen LogP contribution in [0.15, 0.2) is 29.4 Å². The summed E-state index contributed by atoms with van der Waals surface area (Å²) in [5.41, 5.74) is 2.71. The molecule has 23 heavy (non-hydrogen) atoms. The molecule has 2 atom stereocenters. The molecule has 1 saturated heterocycles. The van der Waals surface area contributed by atoms with E-state index in [4.69, 9.17) is 4.74 Å². The van der Waals surface area contributed by atoms with Crippen molar-refractivity contribution in [2.75, 3.05) is 0 Å². The highest BCUT2D eigenvalue weighted by Crippen LogP contribution is 2.32. The number of carbonyl (C=O) groups is 1. The van der Waals surface area contributed by atoms with Gasteiger partial charge in [-0.25, -0.2) is 4.98 Å². The molecule has 3 aromatic rings. The van der Waals surface area contributed by atoms with Crippen LogP contribution in [0.5, 0.6) is 0 Å². The van der Waals surface area contributed by atoms with Gasteiger partial charge in [0.2, 0.25) is 5.16 Å². The van der Waals surface area contributed by atoms with Gasteiger partial charge in [-0.3, -0.25) is 4.79 Å². The first-order valence-corrected chi connectivity index (χ1v) is 8.54. The molecule has 0 spiro atoms. The molecule has 1 aromatic carbocycles. The second-order valence-electron chi connectivity index (χ2n) is 5.62. The second kappa shape index (κ2) is 5.49. The van der Waals surface area contributed by atoms with Crippen LogP contribution in [0.4, 0.5) is 0 Å². The maximum Gasteiger partial charge on any atom is 0.319 e. The van der Waals surface area contributed by atoms with Crippen LogP contribution in [0.1, 0.15) is 20.3 Å². The van der Waals surface area contributed by atoms with Crippen molar-refractivity contribution in [3.8, 4) is 0 Å². The Morgan fingerprint density at radius 1 is 1.35 bits per heavy atom. The van der Waals surface area contributed by atoms with E-state index >= 15 is 0 Å². The maximum atomic E-state index is 11.8. The molecule has 1 fully saturated rings. The van der Waals surface area contributed by atoms with Gasteiger partial charge in [0.05, 0.1) is 5.52 Å². The number of fused-ring (bicyclic) bond motifs is 3. The minimum Gasteiger partial charge on any atom is -0.462 e. The minimum atomic E-state index is -0.247. The first-order valence-electron chi connectivity index (χ1n) is 7.66. The number of hydrogen-bond donors (Lipinski definition) is 0. The first-order chi connectivity index (χ1) is 11.2. The summed E-state index contributed by atoms with van der Waals surface area (Å²) >= 11 is 1.33. The highest BCUT2D eigenvalue weighted by molar-refractivity contribution is 8.00. The summed E-state index contributed by atoms with van der Waals surface area (Å²) in [6.07, 6.45) is 0.639. The van der Waals surface area contributed by atoms with Crippen molar-refractivity contribution >= 4 is 39.8 Å². The fraction of sp³-hybridized carbons (Fsp3) is 0.375. The number of nitrogens with zero attached hydrogens (tertiary/aromatic N) is 4. The van der Waals surface area contributed by atoms with E-state index in [9.17, 15) is 4.79 Å². The predicted octanol–water partition coefficient (Wildman–Crippen LogP) is 2.80. The van der Waals surface area contributed by atoms with Gasteiger partial charge in [-0.15, -0.1) is 10.2 Å². The van der Waals surface area contributed by atoms with Gasteiger partial charge in [-0.05, 0) is 19.9 Å². The first kappa shape index (κ1) is 14.4. The molecule has 1 aliphatic heterocycles. The average molecular weight is 328 g/mol. The molecule has 6 nitrogen and oxygen atoms in total. The molecule has 0 amide bonds. The number of thioether (sulfide) groups is 1. The number of para-hydroxylation sites is 1. The van der Waals surface area contributed by atoms with Crippen LogP contribution in [0.25, 0.3) is 22.1 Å². The summed E-state index contributed by atoms with van der Waals surface area (Å²) in [6, 6.07) is 8.09. The van der Waals surface area contributed by atoms with Crippen LogP contribution < -0.4 is 0 Å². The third kappa shape index (κ3) is 2.35. The van der Waals surface area contributed by atoms with Gasteiger partial charge in [0.1, 0.15) is 16.9 Å². The standard InChI is InChI=1S/C16H16N4O2S/c1-3-20-11-7-5-4-6-10(11)13-14(20)17-16(19-18-13)23-12-8-9(2)22-15(12)21/h4-7,9,12H,3,8H2,1-2H3/t9-,12+/m0/s1. The number of cyclic esters (lactones) is 1. The number of esters is 1. The molecule has 4 rings (SSSR count). The van der Waals surface area contributed by atoms with Crippen LogP contribution >= 0.6 is 11.8 Å². The Morgan fingerprint density at radius 2 is 2.17 bits per heavy atom. The summed E-state index contributed by atoms with van der Waals surface area (Å²) in [6.45, 7) is 4.78. The van der Waals surface area contributed by atoms with E-state index in [-0.39, 0.29) is 17.3 Å². The highest BCUT2D eigenvalue weighted by Gasteiger charge is 2.33. The number of ether oxygens (including phenoxy) is 1. The number of benzene rings is 1. The Bertz CT molecular complexity index is 908. The molecular weight excluding hydrogens is 312 g/mol. The van der Waals surface area contributed by atoms with Crippen LogP contribution in [-0.4, -0.2) is 37.1 Å². The lowest BCUT2D eigenvalue weighted by Gasteiger charge is -2.04. The topological polar surface area (TPSA) is 69.9 Å². The number of hydrogen-bond acceptors (Lipinski definition) is 6.